The molecule has 1 aromatic heterocycles. The molecule has 2 aliphatic rings. The molecule has 0 radical (unpaired) electrons. The highest BCUT2D eigenvalue weighted by molar-refractivity contribution is 7.10. The predicted octanol–water partition coefficient (Wildman–Crippen LogP) is 4.31. The number of nitrogens with zero attached hydrogens (tertiary/aromatic N) is 1. The summed E-state index contributed by atoms with van der Waals surface area (Å²) in [6.07, 6.45) is 0.586. The largest absolute Gasteiger partial charge is 0.446 e. The van der Waals surface area contributed by atoms with Gasteiger partial charge in [0.15, 0.2) is 0 Å². The van der Waals surface area contributed by atoms with Crippen LogP contribution in [0.2, 0.25) is 0 Å². The zero-order valence-electron chi connectivity index (χ0n) is 11.8. The van der Waals surface area contributed by atoms with Gasteiger partial charge in [-0.3, -0.25) is 4.90 Å². The first kappa shape index (κ1) is 12.2. The highest BCUT2D eigenvalue weighted by Crippen LogP contribution is 2.52. The van der Waals surface area contributed by atoms with E-state index < -0.39 is 0 Å². The van der Waals surface area contributed by atoms with Crippen molar-refractivity contribution >= 4 is 33.9 Å². The zero-order chi connectivity index (χ0) is 14.7. The number of amides is 1. The first-order chi connectivity index (χ1) is 10.8. The molecule has 0 unspecified atom stereocenters. The van der Waals surface area contributed by atoms with Gasteiger partial charge in [-0.05, 0) is 22.4 Å². The zero-order valence-corrected chi connectivity index (χ0v) is 12.6. The molecular weight excluding hydrogens is 294 g/mol. The van der Waals surface area contributed by atoms with E-state index in [0.29, 0.717) is 6.61 Å². The van der Waals surface area contributed by atoms with Gasteiger partial charge in [0, 0.05) is 16.7 Å². The molecular formula is C18H13NO2S. The van der Waals surface area contributed by atoms with Crippen molar-refractivity contribution in [3.05, 3.63) is 64.4 Å². The van der Waals surface area contributed by atoms with Crippen LogP contribution in [0, 0.1) is 0 Å². The third-order valence-corrected chi connectivity index (χ3v) is 5.78. The van der Waals surface area contributed by atoms with Crippen LogP contribution in [-0.4, -0.2) is 12.7 Å². The van der Waals surface area contributed by atoms with E-state index in [1.165, 1.54) is 10.4 Å². The van der Waals surface area contributed by atoms with Gasteiger partial charge < -0.3 is 4.74 Å². The minimum Gasteiger partial charge on any atom is -0.446 e. The second kappa shape index (κ2) is 4.11. The molecule has 2 aliphatic heterocycles. The molecule has 3 aromatic rings. The van der Waals surface area contributed by atoms with Crippen molar-refractivity contribution in [2.24, 2.45) is 0 Å². The lowest BCUT2D eigenvalue weighted by atomic mass is 9.93. The van der Waals surface area contributed by atoms with E-state index >= 15 is 0 Å². The topological polar surface area (TPSA) is 29.5 Å². The van der Waals surface area contributed by atoms with E-state index in [2.05, 4.69) is 35.7 Å². The third-order valence-electron chi connectivity index (χ3n) is 4.72. The molecule has 1 fully saturated rings. The SMILES string of the molecule is O=C1OC[C@@]2(c3cccs3)Cc3ccc4ccccc4c3N12. The number of rotatable bonds is 1. The number of cyclic esters (lactones) is 1. The minimum atomic E-state index is -0.363. The Hall–Kier alpha value is -2.33. The van der Waals surface area contributed by atoms with E-state index in [-0.39, 0.29) is 11.6 Å². The number of hydrogen-bond acceptors (Lipinski definition) is 3. The van der Waals surface area contributed by atoms with Crippen LogP contribution < -0.4 is 4.90 Å². The van der Waals surface area contributed by atoms with Crippen LogP contribution in [0.3, 0.4) is 0 Å². The number of thiophene rings is 1. The van der Waals surface area contributed by atoms with E-state index in [1.54, 1.807) is 11.3 Å². The third kappa shape index (κ3) is 1.38. The molecule has 22 heavy (non-hydrogen) atoms. The minimum absolute atomic E-state index is 0.233. The maximum absolute atomic E-state index is 12.5. The summed E-state index contributed by atoms with van der Waals surface area (Å²) < 4.78 is 5.45. The fourth-order valence-electron chi connectivity index (χ4n) is 3.75. The summed E-state index contributed by atoms with van der Waals surface area (Å²) in [5, 5.41) is 4.34. The van der Waals surface area contributed by atoms with Crippen molar-refractivity contribution < 1.29 is 9.53 Å². The molecule has 1 atom stereocenters. The van der Waals surface area contributed by atoms with Gasteiger partial charge in [0.25, 0.3) is 0 Å². The Morgan fingerprint density at radius 2 is 2.00 bits per heavy atom. The molecule has 0 N–H and O–H groups in total. The molecule has 3 nitrogen and oxygen atoms in total. The Morgan fingerprint density at radius 1 is 1.09 bits per heavy atom. The fourth-order valence-corrected chi connectivity index (χ4v) is 4.66. The first-order valence-electron chi connectivity index (χ1n) is 7.31. The summed E-state index contributed by atoms with van der Waals surface area (Å²) in [6.45, 7) is 0.426. The summed E-state index contributed by atoms with van der Waals surface area (Å²) in [4.78, 5) is 15.5. The predicted molar refractivity (Wildman–Crippen MR) is 87.5 cm³/mol. The van der Waals surface area contributed by atoms with Crippen molar-refractivity contribution in [1.82, 2.24) is 0 Å². The molecule has 5 rings (SSSR count). The van der Waals surface area contributed by atoms with Crippen LogP contribution in [0.4, 0.5) is 10.5 Å². The van der Waals surface area contributed by atoms with Crippen molar-refractivity contribution in [1.29, 1.82) is 0 Å². The van der Waals surface area contributed by atoms with E-state index in [1.807, 2.05) is 23.1 Å². The van der Waals surface area contributed by atoms with Crippen molar-refractivity contribution in [3.8, 4) is 0 Å². The number of ether oxygens (including phenoxy) is 1. The maximum atomic E-state index is 12.5. The van der Waals surface area contributed by atoms with Crippen molar-refractivity contribution in [2.75, 3.05) is 11.5 Å². The maximum Gasteiger partial charge on any atom is 0.415 e. The van der Waals surface area contributed by atoms with E-state index in [4.69, 9.17) is 4.74 Å². The lowest BCUT2D eigenvalue weighted by Gasteiger charge is -2.28. The molecule has 2 aromatic carbocycles. The molecule has 0 aliphatic carbocycles. The lowest BCUT2D eigenvalue weighted by Crippen LogP contribution is -2.41. The normalized spacial score (nSPS) is 22.7. The smallest absolute Gasteiger partial charge is 0.415 e. The second-order valence-corrected chi connectivity index (χ2v) is 6.82. The Kier molecular flexibility index (Phi) is 2.29. The molecule has 4 heteroatoms. The molecule has 108 valence electrons. The van der Waals surface area contributed by atoms with Gasteiger partial charge >= 0.3 is 6.09 Å². The molecule has 1 saturated heterocycles. The Morgan fingerprint density at radius 3 is 2.86 bits per heavy atom. The second-order valence-electron chi connectivity index (χ2n) is 5.87. The summed E-state index contributed by atoms with van der Waals surface area (Å²) in [6, 6.07) is 16.7. The number of anilines is 1. The molecule has 0 saturated carbocycles. The van der Waals surface area contributed by atoms with Gasteiger partial charge in [0.05, 0.1) is 5.69 Å². The number of hydrogen-bond donors (Lipinski definition) is 0. The van der Waals surface area contributed by atoms with Crippen LogP contribution >= 0.6 is 11.3 Å². The average molecular weight is 307 g/mol. The van der Waals surface area contributed by atoms with E-state index in [0.717, 1.165) is 22.9 Å². The van der Waals surface area contributed by atoms with Gasteiger partial charge in [-0.2, -0.15) is 0 Å². The summed E-state index contributed by atoms with van der Waals surface area (Å²) in [5.74, 6) is 0. The van der Waals surface area contributed by atoms with E-state index in [9.17, 15) is 4.79 Å². The fraction of sp³-hybridized carbons (Fsp3) is 0.167. The highest BCUT2D eigenvalue weighted by atomic mass is 32.1. The first-order valence-corrected chi connectivity index (χ1v) is 8.19. The summed E-state index contributed by atoms with van der Waals surface area (Å²) in [7, 11) is 0. The monoisotopic (exact) mass is 307 g/mol. The van der Waals surface area contributed by atoms with Gasteiger partial charge in [0.2, 0.25) is 0 Å². The number of carbonyl (C=O) groups excluding carboxylic acids is 1. The lowest BCUT2D eigenvalue weighted by molar-refractivity contribution is 0.172. The number of benzene rings is 2. The highest BCUT2D eigenvalue weighted by Gasteiger charge is 2.55. The van der Waals surface area contributed by atoms with Gasteiger partial charge in [0.1, 0.15) is 12.1 Å². The molecule has 0 bridgehead atoms. The molecule has 0 spiro atoms. The summed E-state index contributed by atoms with van der Waals surface area (Å²) in [5.41, 5.74) is 1.88. The van der Waals surface area contributed by atoms with Crippen molar-refractivity contribution in [3.63, 3.8) is 0 Å². The Labute approximate surface area is 131 Å². The quantitative estimate of drug-likeness (QED) is 0.670. The van der Waals surface area contributed by atoms with Crippen LogP contribution in [0.5, 0.6) is 0 Å². The standard InChI is InChI=1S/C18H13NO2S/c20-17-19-16-13(8-7-12-4-1-2-5-14(12)16)10-18(19,11-21-17)15-6-3-9-22-15/h1-9H,10-11H2/t18-/m1/s1. The van der Waals surface area contributed by atoms with Crippen LogP contribution in [0.15, 0.2) is 53.9 Å². The van der Waals surface area contributed by atoms with Gasteiger partial charge in [-0.25, -0.2) is 4.79 Å². The van der Waals surface area contributed by atoms with Gasteiger partial charge in [-0.1, -0.05) is 42.5 Å². The molecule has 1 amide bonds. The van der Waals surface area contributed by atoms with Gasteiger partial charge in [-0.15, -0.1) is 11.3 Å². The summed E-state index contributed by atoms with van der Waals surface area (Å²) >= 11 is 1.69. The van der Waals surface area contributed by atoms with Crippen LogP contribution in [-0.2, 0) is 16.7 Å². The van der Waals surface area contributed by atoms with Crippen molar-refractivity contribution in [2.45, 2.75) is 12.0 Å². The average Bonchev–Trinajstić information content (AvgIpc) is 3.23. The molecule has 3 heterocycles. The number of carbonyl (C=O) groups is 1. The Balaban J connectivity index is 1.82. The van der Waals surface area contributed by atoms with Crippen LogP contribution in [0.1, 0.15) is 10.4 Å². The number of fused-ring (bicyclic) bond motifs is 5. The van der Waals surface area contributed by atoms with Crippen LogP contribution in [0.25, 0.3) is 10.8 Å². The Bertz CT molecular complexity index is 903.